The average Bonchev–Trinajstić information content (AvgIpc) is 3.31. The molecule has 0 saturated heterocycles. The summed E-state index contributed by atoms with van der Waals surface area (Å²) in [6.45, 7) is 7.06. The molecular formula is C21H27NO3S. The highest BCUT2D eigenvalue weighted by molar-refractivity contribution is 7.92. The minimum Gasteiger partial charge on any atom is -0.381 e. The first-order valence-electron chi connectivity index (χ1n) is 9.02. The number of aryl methyl sites for hydroxylation is 2. The summed E-state index contributed by atoms with van der Waals surface area (Å²) in [5, 5.41) is -0.558. The summed E-state index contributed by atoms with van der Waals surface area (Å²) >= 11 is 0. The van der Waals surface area contributed by atoms with Crippen LogP contribution in [0, 0.1) is 19.3 Å². The quantitative estimate of drug-likeness (QED) is 0.809. The minimum atomic E-state index is -3.50. The second kappa shape index (κ2) is 7.14. The molecule has 1 saturated carbocycles. The Morgan fingerprint density at radius 1 is 1.00 bits per heavy atom. The smallest absolute Gasteiger partial charge is 0.182 e. The van der Waals surface area contributed by atoms with Crippen LogP contribution in [0.5, 0.6) is 0 Å². The maximum absolute atomic E-state index is 13.4. The number of hydrogen-bond acceptors (Lipinski definition) is 4. The predicted molar refractivity (Wildman–Crippen MR) is 104 cm³/mol. The first-order valence-corrected chi connectivity index (χ1v) is 10.6. The summed E-state index contributed by atoms with van der Waals surface area (Å²) in [6.07, 6.45) is 0. The lowest BCUT2D eigenvalue weighted by Gasteiger charge is -2.16. The number of benzene rings is 2. The Kier molecular flexibility index (Phi) is 5.24. The highest BCUT2D eigenvalue weighted by Gasteiger charge is 2.70. The van der Waals surface area contributed by atoms with E-state index in [0.717, 1.165) is 16.7 Å². The van der Waals surface area contributed by atoms with Gasteiger partial charge < -0.3 is 10.5 Å². The second-order valence-corrected chi connectivity index (χ2v) is 9.31. The monoisotopic (exact) mass is 373 g/mol. The summed E-state index contributed by atoms with van der Waals surface area (Å²) in [6, 6.07) is 15.1. The topological polar surface area (TPSA) is 69.4 Å². The molecule has 0 spiro atoms. The lowest BCUT2D eigenvalue weighted by atomic mass is 9.99. The first kappa shape index (κ1) is 19.1. The van der Waals surface area contributed by atoms with Crippen LogP contribution in [0.25, 0.3) is 0 Å². The van der Waals surface area contributed by atoms with Crippen LogP contribution in [-0.4, -0.2) is 33.4 Å². The van der Waals surface area contributed by atoms with Gasteiger partial charge in [0, 0.05) is 24.5 Å². The molecule has 0 amide bonds. The van der Waals surface area contributed by atoms with E-state index in [1.807, 2.05) is 57.2 Å². The maximum atomic E-state index is 13.4. The van der Waals surface area contributed by atoms with Crippen molar-refractivity contribution in [2.24, 2.45) is 11.1 Å². The summed E-state index contributed by atoms with van der Waals surface area (Å²) < 4.78 is 32.4. The van der Waals surface area contributed by atoms with Crippen LogP contribution in [0.15, 0.2) is 53.4 Å². The lowest BCUT2D eigenvalue weighted by Crippen LogP contribution is -2.29. The molecule has 0 heterocycles. The van der Waals surface area contributed by atoms with Gasteiger partial charge in [-0.05, 0) is 38.5 Å². The van der Waals surface area contributed by atoms with Gasteiger partial charge in [-0.25, -0.2) is 8.42 Å². The predicted octanol–water partition coefficient (Wildman–Crippen LogP) is 3.22. The second-order valence-electron chi connectivity index (χ2n) is 7.24. The van der Waals surface area contributed by atoms with Crippen molar-refractivity contribution >= 4 is 9.84 Å². The molecule has 0 unspecified atom stereocenters. The van der Waals surface area contributed by atoms with Gasteiger partial charge in [-0.2, -0.15) is 0 Å². The van der Waals surface area contributed by atoms with E-state index in [1.165, 1.54) is 0 Å². The molecule has 3 atom stereocenters. The van der Waals surface area contributed by atoms with Gasteiger partial charge in [0.15, 0.2) is 9.84 Å². The zero-order valence-electron chi connectivity index (χ0n) is 15.6. The molecule has 0 aromatic heterocycles. The Hall–Kier alpha value is -1.69. The fraction of sp³-hybridized carbons (Fsp3) is 0.429. The number of hydrogen-bond donors (Lipinski definition) is 1. The summed E-state index contributed by atoms with van der Waals surface area (Å²) in [7, 11) is -3.50. The molecule has 0 radical (unpaired) electrons. The fourth-order valence-corrected chi connectivity index (χ4v) is 6.31. The van der Waals surface area contributed by atoms with Crippen LogP contribution in [0.3, 0.4) is 0 Å². The lowest BCUT2D eigenvalue weighted by molar-refractivity contribution is 0.101. The molecule has 1 aliphatic carbocycles. The van der Waals surface area contributed by atoms with Crippen molar-refractivity contribution < 1.29 is 13.2 Å². The SMILES string of the molecule is CCOC[C@@]1(CN)[C@H](S(=O)(=O)c2ccc(C)cc2)[C@@H]1c1ccc(C)cc1. The van der Waals surface area contributed by atoms with E-state index in [2.05, 4.69) is 0 Å². The van der Waals surface area contributed by atoms with E-state index in [4.69, 9.17) is 10.5 Å². The number of nitrogens with two attached hydrogens (primary N) is 1. The number of rotatable bonds is 7. The number of sulfone groups is 1. The van der Waals surface area contributed by atoms with Gasteiger partial charge >= 0.3 is 0 Å². The Labute approximate surface area is 156 Å². The molecular weight excluding hydrogens is 346 g/mol. The first-order chi connectivity index (χ1) is 12.4. The third kappa shape index (κ3) is 3.20. The van der Waals surface area contributed by atoms with Gasteiger partial charge in [0.25, 0.3) is 0 Å². The van der Waals surface area contributed by atoms with E-state index >= 15 is 0 Å². The summed E-state index contributed by atoms with van der Waals surface area (Å²) in [5.74, 6) is -0.147. The molecule has 5 heteroatoms. The molecule has 2 aromatic carbocycles. The van der Waals surface area contributed by atoms with E-state index in [-0.39, 0.29) is 12.5 Å². The van der Waals surface area contributed by atoms with Crippen molar-refractivity contribution in [3.63, 3.8) is 0 Å². The van der Waals surface area contributed by atoms with Crippen LogP contribution in [0.4, 0.5) is 0 Å². The third-order valence-electron chi connectivity index (χ3n) is 5.45. The molecule has 1 aliphatic rings. The summed E-state index contributed by atoms with van der Waals surface area (Å²) in [4.78, 5) is 0.358. The van der Waals surface area contributed by atoms with Crippen LogP contribution >= 0.6 is 0 Å². The van der Waals surface area contributed by atoms with Crippen molar-refractivity contribution in [2.45, 2.75) is 36.8 Å². The number of ether oxygens (including phenoxy) is 1. The molecule has 2 aromatic rings. The van der Waals surface area contributed by atoms with E-state index in [1.54, 1.807) is 12.1 Å². The van der Waals surface area contributed by atoms with Crippen LogP contribution < -0.4 is 5.73 Å². The van der Waals surface area contributed by atoms with Crippen molar-refractivity contribution in [3.8, 4) is 0 Å². The summed E-state index contributed by atoms with van der Waals surface area (Å²) in [5.41, 5.74) is 8.74. The third-order valence-corrected chi connectivity index (χ3v) is 7.79. The van der Waals surface area contributed by atoms with E-state index in [9.17, 15) is 8.42 Å². The molecule has 140 valence electrons. The fourth-order valence-electron chi connectivity index (χ4n) is 3.86. The molecule has 4 nitrogen and oxygen atoms in total. The van der Waals surface area contributed by atoms with E-state index < -0.39 is 20.5 Å². The highest BCUT2D eigenvalue weighted by Crippen LogP contribution is 2.63. The Balaban J connectivity index is 2.03. The average molecular weight is 374 g/mol. The Morgan fingerprint density at radius 3 is 2.04 bits per heavy atom. The molecule has 0 aliphatic heterocycles. The van der Waals surface area contributed by atoms with Gasteiger partial charge in [-0.3, -0.25) is 0 Å². The Morgan fingerprint density at radius 2 is 1.54 bits per heavy atom. The van der Waals surface area contributed by atoms with Gasteiger partial charge in [0.05, 0.1) is 16.8 Å². The normalized spacial score (nSPS) is 25.2. The molecule has 1 fully saturated rings. The van der Waals surface area contributed by atoms with Crippen molar-refractivity contribution in [1.29, 1.82) is 0 Å². The van der Waals surface area contributed by atoms with Gasteiger partial charge in [0.2, 0.25) is 0 Å². The zero-order valence-corrected chi connectivity index (χ0v) is 16.4. The van der Waals surface area contributed by atoms with Gasteiger partial charge in [0.1, 0.15) is 0 Å². The van der Waals surface area contributed by atoms with Crippen molar-refractivity contribution in [3.05, 3.63) is 65.2 Å². The molecule has 3 rings (SSSR count). The van der Waals surface area contributed by atoms with Crippen molar-refractivity contribution in [1.82, 2.24) is 0 Å². The van der Waals surface area contributed by atoms with Crippen molar-refractivity contribution in [2.75, 3.05) is 19.8 Å². The van der Waals surface area contributed by atoms with Gasteiger partial charge in [-0.15, -0.1) is 0 Å². The minimum absolute atomic E-state index is 0.147. The van der Waals surface area contributed by atoms with Crippen LogP contribution in [0.2, 0.25) is 0 Å². The van der Waals surface area contributed by atoms with E-state index in [0.29, 0.717) is 18.1 Å². The maximum Gasteiger partial charge on any atom is 0.182 e. The molecule has 26 heavy (non-hydrogen) atoms. The van der Waals surface area contributed by atoms with Gasteiger partial charge in [-0.1, -0.05) is 47.5 Å². The molecule has 2 N–H and O–H groups in total. The standard InChI is InChI=1S/C21H27NO3S/c1-4-25-14-21(13-22)19(17-9-5-15(2)6-10-17)20(21)26(23,24)18-11-7-16(3)8-12-18/h5-12,19-20H,4,13-14,22H2,1-3H3/t19-,20+,21+/m0/s1. The zero-order chi connectivity index (χ0) is 18.9. The van der Waals surface area contributed by atoms with Crippen LogP contribution in [0.1, 0.15) is 29.5 Å². The van der Waals surface area contributed by atoms with Crippen LogP contribution in [-0.2, 0) is 14.6 Å². The molecule has 0 bridgehead atoms. The Bertz CT molecular complexity index is 859. The highest BCUT2D eigenvalue weighted by atomic mass is 32.2. The largest absolute Gasteiger partial charge is 0.381 e.